The van der Waals surface area contributed by atoms with Crippen LogP contribution in [0.15, 0.2) is 28.9 Å². The molecule has 0 saturated carbocycles. The zero-order valence-electron chi connectivity index (χ0n) is 7.19. The van der Waals surface area contributed by atoms with Crippen LogP contribution >= 0.6 is 0 Å². The van der Waals surface area contributed by atoms with Crippen LogP contribution in [-0.2, 0) is 0 Å². The van der Waals surface area contributed by atoms with Crippen molar-refractivity contribution in [3.8, 4) is 11.5 Å². The van der Waals surface area contributed by atoms with E-state index in [-0.39, 0.29) is 0 Å². The summed E-state index contributed by atoms with van der Waals surface area (Å²) >= 11 is 0. The van der Waals surface area contributed by atoms with E-state index in [0.717, 1.165) is 11.3 Å². The Bertz CT molecular complexity index is 405. The third-order valence-corrected chi connectivity index (χ3v) is 1.65. The largest absolute Gasteiger partial charge is 0.441 e. The number of anilines is 1. The lowest BCUT2D eigenvalue weighted by atomic mass is 10.3. The van der Waals surface area contributed by atoms with Crippen LogP contribution in [0.25, 0.3) is 11.5 Å². The van der Waals surface area contributed by atoms with Crippen molar-refractivity contribution in [2.75, 3.05) is 5.73 Å². The molecule has 0 aromatic carbocycles. The Morgan fingerprint density at radius 2 is 2.08 bits per heavy atom. The highest BCUT2D eigenvalue weighted by atomic mass is 16.4. The Balaban J connectivity index is 2.41. The number of aromatic nitrogens is 2. The van der Waals surface area contributed by atoms with Crippen molar-refractivity contribution < 1.29 is 4.42 Å². The third kappa shape index (κ3) is 1.51. The summed E-state index contributed by atoms with van der Waals surface area (Å²) in [6.45, 7) is 1.85. The Kier molecular flexibility index (Phi) is 1.73. The molecule has 13 heavy (non-hydrogen) atoms. The number of hydrogen-bond donors (Lipinski definition) is 1. The molecule has 0 unspecified atom stereocenters. The normalized spacial score (nSPS) is 10.2. The number of pyridine rings is 1. The minimum atomic E-state index is 0.493. The van der Waals surface area contributed by atoms with Gasteiger partial charge in [-0.1, -0.05) is 0 Å². The first-order valence-corrected chi connectivity index (χ1v) is 3.90. The average molecular weight is 175 g/mol. The molecule has 0 saturated heterocycles. The van der Waals surface area contributed by atoms with E-state index in [0.29, 0.717) is 11.7 Å². The van der Waals surface area contributed by atoms with Gasteiger partial charge in [-0.05, 0) is 19.1 Å². The molecule has 66 valence electrons. The molecule has 2 aromatic heterocycles. The molecule has 0 atom stereocenters. The number of hydrogen-bond acceptors (Lipinski definition) is 4. The van der Waals surface area contributed by atoms with Crippen LogP contribution in [0.2, 0.25) is 0 Å². The molecule has 0 radical (unpaired) electrons. The maximum atomic E-state index is 5.45. The van der Waals surface area contributed by atoms with Crippen molar-refractivity contribution in [2.24, 2.45) is 0 Å². The minimum Gasteiger partial charge on any atom is -0.441 e. The Labute approximate surface area is 75.4 Å². The van der Waals surface area contributed by atoms with Gasteiger partial charge in [-0.3, -0.25) is 0 Å². The van der Waals surface area contributed by atoms with Crippen molar-refractivity contribution in [2.45, 2.75) is 6.92 Å². The summed E-state index contributed by atoms with van der Waals surface area (Å²) in [6.07, 6.45) is 3.31. The first-order chi connectivity index (χ1) is 6.25. The molecular formula is C9H9N3O. The predicted molar refractivity (Wildman–Crippen MR) is 48.9 cm³/mol. The Hall–Kier alpha value is -1.84. The number of rotatable bonds is 1. The van der Waals surface area contributed by atoms with Crippen LogP contribution in [0, 0.1) is 6.92 Å². The van der Waals surface area contributed by atoms with Gasteiger partial charge in [0.15, 0.2) is 0 Å². The molecule has 0 amide bonds. The Morgan fingerprint density at radius 1 is 1.23 bits per heavy atom. The highest BCUT2D eigenvalue weighted by Gasteiger charge is 2.03. The third-order valence-electron chi connectivity index (χ3n) is 1.65. The van der Waals surface area contributed by atoms with E-state index in [9.17, 15) is 0 Å². The van der Waals surface area contributed by atoms with E-state index in [1.54, 1.807) is 18.5 Å². The summed E-state index contributed by atoms with van der Waals surface area (Å²) in [5.41, 5.74) is 6.28. The van der Waals surface area contributed by atoms with Gasteiger partial charge in [0.05, 0.1) is 11.8 Å². The average Bonchev–Trinajstić information content (AvgIpc) is 2.53. The van der Waals surface area contributed by atoms with Crippen molar-refractivity contribution >= 4 is 5.82 Å². The van der Waals surface area contributed by atoms with Gasteiger partial charge in [0, 0.05) is 6.20 Å². The molecular weight excluding hydrogens is 166 g/mol. The lowest BCUT2D eigenvalue weighted by molar-refractivity contribution is 0.542. The summed E-state index contributed by atoms with van der Waals surface area (Å²) in [4.78, 5) is 8.01. The minimum absolute atomic E-state index is 0.493. The monoisotopic (exact) mass is 175 g/mol. The smallest absolute Gasteiger partial charge is 0.227 e. The van der Waals surface area contributed by atoms with Gasteiger partial charge in [0.2, 0.25) is 5.89 Å². The molecule has 4 nitrogen and oxygen atoms in total. The highest BCUT2D eigenvalue weighted by Crippen LogP contribution is 2.17. The topological polar surface area (TPSA) is 64.9 Å². The summed E-state index contributed by atoms with van der Waals surface area (Å²) in [7, 11) is 0. The van der Waals surface area contributed by atoms with Crippen LogP contribution in [-0.4, -0.2) is 9.97 Å². The molecule has 2 N–H and O–H groups in total. The van der Waals surface area contributed by atoms with Gasteiger partial charge >= 0.3 is 0 Å². The quantitative estimate of drug-likeness (QED) is 0.715. The SMILES string of the molecule is Cc1cnc(-c2ccc(N)nc2)o1. The van der Waals surface area contributed by atoms with Gasteiger partial charge < -0.3 is 10.2 Å². The van der Waals surface area contributed by atoms with E-state index in [1.165, 1.54) is 0 Å². The number of nitrogens with zero attached hydrogens (tertiary/aromatic N) is 2. The van der Waals surface area contributed by atoms with Crippen molar-refractivity contribution in [1.82, 2.24) is 9.97 Å². The first-order valence-electron chi connectivity index (χ1n) is 3.90. The van der Waals surface area contributed by atoms with E-state index < -0.39 is 0 Å². The molecule has 0 aliphatic rings. The zero-order valence-corrected chi connectivity index (χ0v) is 7.19. The van der Waals surface area contributed by atoms with Crippen molar-refractivity contribution in [1.29, 1.82) is 0 Å². The number of oxazole rings is 1. The van der Waals surface area contributed by atoms with Crippen LogP contribution in [0.4, 0.5) is 5.82 Å². The van der Waals surface area contributed by atoms with E-state index in [4.69, 9.17) is 10.2 Å². The molecule has 2 aromatic rings. The van der Waals surface area contributed by atoms with Gasteiger partial charge in [0.25, 0.3) is 0 Å². The summed E-state index contributed by atoms with van der Waals surface area (Å²) in [5, 5.41) is 0. The molecule has 2 heterocycles. The summed E-state index contributed by atoms with van der Waals surface area (Å²) in [5.74, 6) is 1.85. The highest BCUT2D eigenvalue weighted by molar-refractivity contribution is 5.53. The van der Waals surface area contributed by atoms with Gasteiger partial charge in [-0.25, -0.2) is 9.97 Å². The predicted octanol–water partition coefficient (Wildman–Crippen LogP) is 1.63. The van der Waals surface area contributed by atoms with Crippen LogP contribution in [0.3, 0.4) is 0 Å². The molecule has 2 rings (SSSR count). The van der Waals surface area contributed by atoms with Crippen molar-refractivity contribution in [3.63, 3.8) is 0 Å². The van der Waals surface area contributed by atoms with Crippen molar-refractivity contribution in [3.05, 3.63) is 30.3 Å². The van der Waals surface area contributed by atoms with Gasteiger partial charge in [-0.15, -0.1) is 0 Å². The van der Waals surface area contributed by atoms with Crippen LogP contribution in [0.5, 0.6) is 0 Å². The Morgan fingerprint density at radius 3 is 2.62 bits per heavy atom. The maximum Gasteiger partial charge on any atom is 0.227 e. The molecule has 0 aliphatic carbocycles. The maximum absolute atomic E-state index is 5.45. The lowest BCUT2D eigenvalue weighted by Gasteiger charge is -1.94. The lowest BCUT2D eigenvalue weighted by Crippen LogP contribution is -1.88. The van der Waals surface area contributed by atoms with Gasteiger partial charge in [-0.2, -0.15) is 0 Å². The summed E-state index contributed by atoms with van der Waals surface area (Å²) < 4.78 is 5.32. The summed E-state index contributed by atoms with van der Waals surface area (Å²) in [6, 6.07) is 3.54. The fourth-order valence-electron chi connectivity index (χ4n) is 1.02. The molecule has 0 bridgehead atoms. The zero-order chi connectivity index (χ0) is 9.26. The van der Waals surface area contributed by atoms with E-state index in [2.05, 4.69) is 9.97 Å². The molecule has 0 aliphatic heterocycles. The van der Waals surface area contributed by atoms with Crippen LogP contribution in [0.1, 0.15) is 5.76 Å². The van der Waals surface area contributed by atoms with E-state index in [1.807, 2.05) is 13.0 Å². The molecule has 4 heteroatoms. The fourth-order valence-corrected chi connectivity index (χ4v) is 1.02. The second-order valence-electron chi connectivity index (χ2n) is 2.75. The standard InChI is InChI=1S/C9H9N3O/c1-6-4-12-9(13-6)7-2-3-8(10)11-5-7/h2-5H,1H3,(H2,10,11). The second-order valence-corrected chi connectivity index (χ2v) is 2.75. The molecule has 0 spiro atoms. The molecule has 0 fully saturated rings. The fraction of sp³-hybridized carbons (Fsp3) is 0.111. The first kappa shape index (κ1) is 7.79. The van der Waals surface area contributed by atoms with Crippen LogP contribution < -0.4 is 5.73 Å². The number of aryl methyl sites for hydroxylation is 1. The number of nitrogen functional groups attached to an aromatic ring is 1. The number of nitrogens with two attached hydrogens (primary N) is 1. The van der Waals surface area contributed by atoms with Gasteiger partial charge in [0.1, 0.15) is 11.6 Å². The van der Waals surface area contributed by atoms with E-state index >= 15 is 0 Å². The second kappa shape index (κ2) is 2.90.